The van der Waals surface area contributed by atoms with Crippen LogP contribution in [0.1, 0.15) is 63.8 Å². The highest BCUT2D eigenvalue weighted by Crippen LogP contribution is 2.36. The van der Waals surface area contributed by atoms with Gasteiger partial charge in [-0.15, -0.1) is 0 Å². The summed E-state index contributed by atoms with van der Waals surface area (Å²) < 4.78 is 210. The minimum atomic E-state index is -4.23. The van der Waals surface area contributed by atoms with Gasteiger partial charge in [-0.05, 0) is 159 Å². The van der Waals surface area contributed by atoms with Gasteiger partial charge in [-0.25, -0.2) is 64.7 Å². The topological polar surface area (TPSA) is 320 Å². The van der Waals surface area contributed by atoms with Gasteiger partial charge in [0.05, 0.1) is 86.8 Å². The van der Waals surface area contributed by atoms with E-state index in [1.54, 1.807) is 168 Å². The average Bonchev–Trinajstić information content (AvgIpc) is 1.60. The molecule has 0 saturated heterocycles. The number of carbonyl (C=O) groups is 4. The first-order valence-electron chi connectivity index (χ1n) is 39.4. The Labute approximate surface area is 772 Å². The number of halogens is 9. The number of benzene rings is 8. The van der Waals surface area contributed by atoms with Gasteiger partial charge >= 0.3 is 0 Å². The number of fused-ring (bicyclic) bond motifs is 4. The van der Waals surface area contributed by atoms with Crippen LogP contribution in [0.15, 0.2) is 304 Å². The van der Waals surface area contributed by atoms with Gasteiger partial charge in [-0.2, -0.15) is 5.10 Å². The van der Waals surface area contributed by atoms with E-state index in [1.807, 2.05) is 54.6 Å². The van der Waals surface area contributed by atoms with Crippen molar-refractivity contribution in [3.8, 4) is 5.69 Å². The zero-order valence-electron chi connectivity index (χ0n) is 68.5. The fraction of sp³-hybridized carbons (Fsp3) is 0.160. The lowest BCUT2D eigenvalue weighted by molar-refractivity contribution is -0.117. The lowest BCUT2D eigenvalue weighted by atomic mass is 10.2. The molecule has 0 saturated carbocycles. The maximum absolute atomic E-state index is 14.9. The number of nitrogens with zero attached hydrogens (tertiary/aromatic N) is 10. The molecule has 24 nitrogen and oxygen atoms in total. The number of para-hydroxylation sites is 2. The molecule has 0 aliphatic carbocycles. The molecule has 0 aliphatic rings. The molecule has 37 heteroatoms. The molecule has 0 N–H and O–H groups in total. The molecule has 674 valence electrons. The third-order valence-corrected chi connectivity index (χ3v) is 28.8. The number of rotatable bonds is 29. The Bertz CT molecular complexity index is 7660. The Kier molecular flexibility index (Phi) is 30.2. The zero-order valence-corrected chi connectivity index (χ0v) is 76.6. The number of Topliss-reactive ketones (excluding diaryl/α,β-unsaturated/α-hetero) is 4. The van der Waals surface area contributed by atoms with Crippen molar-refractivity contribution in [3.63, 3.8) is 0 Å². The standard InChI is InChI=1S/C26H20F2N4O3S.C23H17BrF2N2O3S.2C22H18BrFN2O4S.CH4/c27-19-12-23(28)26-24(13-19)31(15-18-5-3-7-21(11-18)32-10-4-9-30-32)16-25(26)36(34,35)17-22(33)14-20-6-1-2-8-29-20;24-17-5-1-3-16(7-17)12-28-13-22(23-20(26)9-18(25)10-21(23)28)32(30,31)14-19(29)8-15-4-2-6-27-11-15;1-14-9-16(25-30-14)10-17(27)13-31(28,29)21-12-26(20-8-3-2-6-18(20)21)11-15-5-4-7-19(23)22(15)24;1-14-8-16(25-30-14)10-17(27)13-31(28,29)22-12-26(21-5-3-2-4-18(21)22)11-15-6-7-20(24)19(23)9-15;/h1-13,16H,14-15,17H2;1-7,9-11,13H,8,12,14H2;2*2-9,12H,10-11,13H2,1H3;1H4. The molecule has 9 aromatic heterocycles. The van der Waals surface area contributed by atoms with E-state index in [1.165, 1.54) is 52.4 Å². The molecule has 0 bridgehead atoms. The number of aryl methyl sites for hydroxylation is 2. The van der Waals surface area contributed by atoms with E-state index in [9.17, 15) is 79.2 Å². The van der Waals surface area contributed by atoms with Crippen LogP contribution in [-0.4, -0.2) is 128 Å². The predicted molar refractivity (Wildman–Crippen MR) is 491 cm³/mol. The normalized spacial score (nSPS) is 11.7. The molecular weight excluding hydrogens is 1980 g/mol. The van der Waals surface area contributed by atoms with Crippen LogP contribution in [0, 0.1) is 48.8 Å². The summed E-state index contributed by atoms with van der Waals surface area (Å²) in [5, 5.41) is 12.2. The van der Waals surface area contributed by atoms with Gasteiger partial charge in [0, 0.05) is 150 Å². The minimum Gasteiger partial charge on any atom is -0.361 e. The van der Waals surface area contributed by atoms with Gasteiger partial charge in [0.15, 0.2) is 62.5 Å². The van der Waals surface area contributed by atoms with Crippen molar-refractivity contribution in [2.24, 2.45) is 0 Å². The second kappa shape index (κ2) is 41.2. The van der Waals surface area contributed by atoms with Crippen LogP contribution in [0.2, 0.25) is 0 Å². The third-order valence-electron chi connectivity index (χ3n) is 20.3. The maximum Gasteiger partial charge on any atom is 0.187 e. The molecule has 9 heterocycles. The Hall–Kier alpha value is -12.7. The van der Waals surface area contributed by atoms with Crippen molar-refractivity contribution in [2.45, 2.75) is 92.7 Å². The van der Waals surface area contributed by atoms with E-state index >= 15 is 0 Å². The molecule has 0 aliphatic heterocycles. The summed E-state index contributed by atoms with van der Waals surface area (Å²) in [4.78, 5) is 57.2. The summed E-state index contributed by atoms with van der Waals surface area (Å²) >= 11 is 9.72. The van der Waals surface area contributed by atoms with Crippen LogP contribution in [0.3, 0.4) is 0 Å². The zero-order chi connectivity index (χ0) is 92.5. The molecule has 0 atom stereocenters. The van der Waals surface area contributed by atoms with Gasteiger partial charge in [0.2, 0.25) is 0 Å². The molecular formula is C94H77Br3F6N10O14S4. The number of aromatic nitrogens is 10. The van der Waals surface area contributed by atoms with E-state index in [-0.39, 0.29) is 99.9 Å². The second-order valence-corrected chi connectivity index (χ2v) is 40.7. The molecule has 131 heavy (non-hydrogen) atoms. The average molecular weight is 2050 g/mol. The number of ketones is 4. The van der Waals surface area contributed by atoms with Crippen molar-refractivity contribution in [1.29, 1.82) is 0 Å². The molecule has 0 amide bonds. The Morgan fingerprint density at radius 3 is 1.34 bits per heavy atom. The lowest BCUT2D eigenvalue weighted by Crippen LogP contribution is -2.18. The summed E-state index contributed by atoms with van der Waals surface area (Å²) in [6.07, 6.45) is 13.0. The van der Waals surface area contributed by atoms with Gasteiger partial charge in [0.1, 0.15) is 69.4 Å². The van der Waals surface area contributed by atoms with Crippen molar-refractivity contribution in [3.05, 3.63) is 367 Å². The highest BCUT2D eigenvalue weighted by molar-refractivity contribution is 9.11. The van der Waals surface area contributed by atoms with Gasteiger partial charge in [-0.3, -0.25) is 29.1 Å². The first kappa shape index (κ1) is 95.9. The maximum atomic E-state index is 14.9. The van der Waals surface area contributed by atoms with Crippen molar-refractivity contribution in [2.75, 3.05) is 23.0 Å². The molecule has 0 fully saturated rings. The van der Waals surface area contributed by atoms with Crippen LogP contribution >= 0.6 is 47.8 Å². The SMILES string of the molecule is C.Cc1cc(CC(=O)CS(=O)(=O)c2cn(Cc3ccc(F)c(Br)c3)c3ccccc23)no1.Cc1cc(CC(=O)CS(=O)(=O)c2cn(Cc3cccc(Br)c3F)c3ccccc23)no1.O=C(Cc1ccccn1)CS(=O)(=O)c1cn(Cc2cccc(-n3cccn3)c2)c2cc(F)cc(F)c12.O=C(Cc1cccnc1)CS(=O)(=O)c1cn(Cc2cccc(Br)c2)c2cc(F)cc(F)c12. The summed E-state index contributed by atoms with van der Waals surface area (Å²) in [5.41, 5.74) is 6.90. The summed E-state index contributed by atoms with van der Waals surface area (Å²) in [6, 6.07) is 55.1. The van der Waals surface area contributed by atoms with Crippen LogP contribution < -0.4 is 0 Å². The highest BCUT2D eigenvalue weighted by atomic mass is 79.9. The smallest absolute Gasteiger partial charge is 0.187 e. The fourth-order valence-electron chi connectivity index (χ4n) is 14.7. The number of pyridine rings is 2. The summed E-state index contributed by atoms with van der Waals surface area (Å²) in [7, 11) is -16.2. The first-order valence-corrected chi connectivity index (χ1v) is 48.4. The quantitative estimate of drug-likeness (QED) is 0.0393. The van der Waals surface area contributed by atoms with Crippen LogP contribution in [0.25, 0.3) is 49.3 Å². The number of hydrogen-bond donors (Lipinski definition) is 0. The minimum absolute atomic E-state index is 0. The molecule has 8 aromatic carbocycles. The number of hydrogen-bond acceptors (Lipinski definition) is 19. The molecule has 0 radical (unpaired) electrons. The van der Waals surface area contributed by atoms with Gasteiger partial charge < -0.3 is 27.3 Å². The molecule has 0 unspecified atom stereocenters. The Morgan fingerprint density at radius 2 is 0.855 bits per heavy atom. The largest absolute Gasteiger partial charge is 0.361 e. The molecule has 0 spiro atoms. The monoisotopic (exact) mass is 2050 g/mol. The summed E-state index contributed by atoms with van der Waals surface area (Å²) in [5.74, 6) is -8.30. The first-order chi connectivity index (χ1) is 62.0. The van der Waals surface area contributed by atoms with E-state index in [2.05, 4.69) is 73.2 Å². The Morgan fingerprint density at radius 1 is 0.389 bits per heavy atom. The van der Waals surface area contributed by atoms with Crippen molar-refractivity contribution < 1.29 is 88.2 Å². The predicted octanol–water partition coefficient (Wildman–Crippen LogP) is 18.4. The molecule has 17 aromatic rings. The van der Waals surface area contributed by atoms with E-state index < -0.39 is 115 Å². The summed E-state index contributed by atoms with van der Waals surface area (Å²) in [6.45, 7) is 4.23. The van der Waals surface area contributed by atoms with Crippen LogP contribution in [0.4, 0.5) is 26.3 Å². The second-order valence-electron chi connectivity index (χ2n) is 30.2. The Balaban J connectivity index is 0.000000149. The van der Waals surface area contributed by atoms with Gasteiger partial charge in [0.25, 0.3) is 0 Å². The lowest BCUT2D eigenvalue weighted by Gasteiger charge is -2.08. The third kappa shape index (κ3) is 23.6. The highest BCUT2D eigenvalue weighted by Gasteiger charge is 2.32. The van der Waals surface area contributed by atoms with Crippen molar-refractivity contribution >= 4 is 154 Å². The van der Waals surface area contributed by atoms with Crippen LogP contribution in [0.5, 0.6) is 0 Å². The van der Waals surface area contributed by atoms with Crippen molar-refractivity contribution in [1.82, 2.24) is 48.3 Å². The number of carbonyl (C=O) groups excluding carboxylic acids is 4. The van der Waals surface area contributed by atoms with E-state index in [0.29, 0.717) is 89.2 Å². The van der Waals surface area contributed by atoms with Crippen LogP contribution in [-0.2, 0) is 110 Å². The molecule has 17 rings (SSSR count). The van der Waals surface area contributed by atoms with E-state index in [0.717, 1.165) is 39.0 Å². The number of sulfone groups is 4. The fourth-order valence-corrected chi connectivity index (χ4v) is 21.9. The van der Waals surface area contributed by atoms with Gasteiger partial charge in [-0.1, -0.05) is 125 Å². The van der Waals surface area contributed by atoms with E-state index in [4.69, 9.17) is 9.05 Å².